The molecule has 6 nitrogen and oxygen atoms in total. The summed E-state index contributed by atoms with van der Waals surface area (Å²) >= 11 is 0. The second kappa shape index (κ2) is 9.12. The average molecular weight is 375 g/mol. The minimum atomic E-state index is -3.45. The number of ether oxygens (including phenoxy) is 1. The molecule has 26 heavy (non-hydrogen) atoms. The number of hydrogen-bond donors (Lipinski definition) is 1. The molecule has 0 amide bonds. The Labute approximate surface area is 155 Å². The first-order valence-electron chi connectivity index (χ1n) is 9.00. The van der Waals surface area contributed by atoms with E-state index in [9.17, 15) is 8.42 Å². The van der Waals surface area contributed by atoms with Gasteiger partial charge in [-0.05, 0) is 30.0 Å². The lowest BCUT2D eigenvalue weighted by Gasteiger charge is -2.20. The maximum absolute atomic E-state index is 12.5. The number of aromatic nitrogens is 1. The summed E-state index contributed by atoms with van der Waals surface area (Å²) in [6.45, 7) is 1.84. The van der Waals surface area contributed by atoms with Crippen LogP contribution in [0.4, 0.5) is 0 Å². The van der Waals surface area contributed by atoms with Crippen LogP contribution in [0.2, 0.25) is 0 Å². The standard InChI is InChI=1S/C19H25N3O3S/c23-26(24,22-12-6-1-2-7-13-22)21-15-18-10-11-20-19(14-18)25-16-17-8-4-3-5-9-17/h3-5,8-11,14,21H,1-2,6-7,12-13,15-16H2. The van der Waals surface area contributed by atoms with E-state index in [0.717, 1.165) is 36.8 Å². The molecule has 0 bridgehead atoms. The summed E-state index contributed by atoms with van der Waals surface area (Å²) in [6.07, 6.45) is 5.67. The molecule has 2 aromatic rings. The van der Waals surface area contributed by atoms with Crippen molar-refractivity contribution in [3.63, 3.8) is 0 Å². The van der Waals surface area contributed by atoms with Crippen molar-refractivity contribution in [1.82, 2.24) is 14.0 Å². The van der Waals surface area contributed by atoms with Crippen molar-refractivity contribution in [2.75, 3.05) is 13.1 Å². The van der Waals surface area contributed by atoms with Gasteiger partial charge in [-0.25, -0.2) is 4.98 Å². The lowest BCUT2D eigenvalue weighted by molar-refractivity contribution is 0.293. The van der Waals surface area contributed by atoms with Crippen LogP contribution in [0, 0.1) is 0 Å². The molecule has 1 saturated heterocycles. The molecule has 0 saturated carbocycles. The maximum atomic E-state index is 12.5. The predicted octanol–water partition coefficient (Wildman–Crippen LogP) is 2.87. The Bertz CT molecular complexity index is 789. The van der Waals surface area contributed by atoms with Crippen LogP contribution in [-0.4, -0.2) is 30.8 Å². The highest BCUT2D eigenvalue weighted by Crippen LogP contribution is 2.14. The molecule has 0 aliphatic carbocycles. The summed E-state index contributed by atoms with van der Waals surface area (Å²) in [7, 11) is -3.45. The van der Waals surface area contributed by atoms with Gasteiger partial charge in [-0.1, -0.05) is 43.2 Å². The van der Waals surface area contributed by atoms with Crippen molar-refractivity contribution in [2.45, 2.75) is 38.8 Å². The zero-order valence-corrected chi connectivity index (χ0v) is 15.6. The van der Waals surface area contributed by atoms with Crippen LogP contribution in [0.1, 0.15) is 36.8 Å². The molecule has 1 aliphatic heterocycles. The van der Waals surface area contributed by atoms with Gasteiger partial charge in [0.05, 0.1) is 0 Å². The summed E-state index contributed by atoms with van der Waals surface area (Å²) in [5, 5.41) is 0. The monoisotopic (exact) mass is 375 g/mol. The maximum Gasteiger partial charge on any atom is 0.279 e. The van der Waals surface area contributed by atoms with Crippen molar-refractivity contribution in [3.8, 4) is 5.88 Å². The molecule has 1 fully saturated rings. The fourth-order valence-corrected chi connectivity index (χ4v) is 4.19. The van der Waals surface area contributed by atoms with Gasteiger partial charge in [0.2, 0.25) is 5.88 Å². The summed E-state index contributed by atoms with van der Waals surface area (Å²) in [4.78, 5) is 4.19. The highest BCUT2D eigenvalue weighted by molar-refractivity contribution is 7.87. The molecule has 0 unspecified atom stereocenters. The first kappa shape index (κ1) is 18.8. The molecular weight excluding hydrogens is 350 g/mol. The lowest BCUT2D eigenvalue weighted by Crippen LogP contribution is -2.40. The van der Waals surface area contributed by atoms with E-state index in [1.807, 2.05) is 30.3 Å². The molecule has 7 heteroatoms. The summed E-state index contributed by atoms with van der Waals surface area (Å²) in [6, 6.07) is 13.4. The Kier molecular flexibility index (Phi) is 6.60. The van der Waals surface area contributed by atoms with Gasteiger partial charge in [0.25, 0.3) is 10.2 Å². The number of benzene rings is 1. The highest BCUT2D eigenvalue weighted by atomic mass is 32.2. The fourth-order valence-electron chi connectivity index (χ4n) is 2.92. The third-order valence-corrected chi connectivity index (χ3v) is 5.95. The molecule has 0 radical (unpaired) electrons. The fraction of sp³-hybridized carbons (Fsp3) is 0.421. The van der Waals surface area contributed by atoms with E-state index in [-0.39, 0.29) is 6.54 Å². The molecule has 3 rings (SSSR count). The van der Waals surface area contributed by atoms with E-state index in [0.29, 0.717) is 25.6 Å². The SMILES string of the molecule is O=S(=O)(NCc1ccnc(OCc2ccccc2)c1)N1CCCCCC1. The van der Waals surface area contributed by atoms with Gasteiger partial charge in [-0.2, -0.15) is 17.4 Å². The molecule has 2 heterocycles. The number of nitrogens with one attached hydrogen (secondary N) is 1. The third-order valence-electron chi connectivity index (χ3n) is 4.39. The van der Waals surface area contributed by atoms with Crippen LogP contribution in [-0.2, 0) is 23.4 Å². The van der Waals surface area contributed by atoms with Gasteiger partial charge < -0.3 is 4.74 Å². The van der Waals surface area contributed by atoms with Crippen molar-refractivity contribution in [3.05, 3.63) is 59.8 Å². The van der Waals surface area contributed by atoms with Crippen LogP contribution >= 0.6 is 0 Å². The van der Waals surface area contributed by atoms with Gasteiger partial charge in [0.15, 0.2) is 0 Å². The Balaban J connectivity index is 1.56. The predicted molar refractivity (Wildman–Crippen MR) is 101 cm³/mol. The van der Waals surface area contributed by atoms with Gasteiger partial charge in [0, 0.05) is 31.9 Å². The number of pyridine rings is 1. The second-order valence-corrected chi connectivity index (χ2v) is 8.17. The molecule has 140 valence electrons. The van der Waals surface area contributed by atoms with Crippen LogP contribution in [0.5, 0.6) is 5.88 Å². The van der Waals surface area contributed by atoms with E-state index >= 15 is 0 Å². The van der Waals surface area contributed by atoms with Crippen LogP contribution in [0.15, 0.2) is 48.7 Å². The zero-order valence-electron chi connectivity index (χ0n) is 14.8. The van der Waals surface area contributed by atoms with E-state index in [4.69, 9.17) is 4.74 Å². The Morgan fingerprint density at radius 2 is 1.73 bits per heavy atom. The topological polar surface area (TPSA) is 71.5 Å². The van der Waals surface area contributed by atoms with Gasteiger partial charge in [-0.15, -0.1) is 0 Å². The molecule has 0 atom stereocenters. The van der Waals surface area contributed by atoms with E-state index in [1.54, 1.807) is 22.6 Å². The molecule has 0 spiro atoms. The quantitative estimate of drug-likeness (QED) is 0.808. The number of nitrogens with zero attached hydrogens (tertiary/aromatic N) is 2. The van der Waals surface area contributed by atoms with Crippen molar-refractivity contribution in [1.29, 1.82) is 0 Å². The second-order valence-electron chi connectivity index (χ2n) is 6.42. The Morgan fingerprint density at radius 1 is 1.00 bits per heavy atom. The smallest absolute Gasteiger partial charge is 0.279 e. The van der Waals surface area contributed by atoms with Crippen molar-refractivity contribution >= 4 is 10.2 Å². The van der Waals surface area contributed by atoms with Gasteiger partial charge in [0.1, 0.15) is 6.61 Å². The van der Waals surface area contributed by atoms with E-state index in [2.05, 4.69) is 9.71 Å². The highest BCUT2D eigenvalue weighted by Gasteiger charge is 2.22. The summed E-state index contributed by atoms with van der Waals surface area (Å²) in [5.41, 5.74) is 1.88. The third kappa shape index (κ3) is 5.52. The lowest BCUT2D eigenvalue weighted by atomic mass is 10.2. The molecule has 1 aliphatic rings. The minimum absolute atomic E-state index is 0.225. The summed E-state index contributed by atoms with van der Waals surface area (Å²) in [5.74, 6) is 0.486. The first-order chi connectivity index (χ1) is 12.6. The minimum Gasteiger partial charge on any atom is -0.473 e. The van der Waals surface area contributed by atoms with E-state index in [1.165, 1.54) is 0 Å². The van der Waals surface area contributed by atoms with Crippen LogP contribution in [0.3, 0.4) is 0 Å². The summed E-state index contributed by atoms with van der Waals surface area (Å²) < 4.78 is 34.9. The molecule has 1 N–H and O–H groups in total. The average Bonchev–Trinajstić information content (AvgIpc) is 2.96. The molecule has 1 aromatic heterocycles. The normalized spacial score (nSPS) is 16.2. The Morgan fingerprint density at radius 3 is 2.46 bits per heavy atom. The Hall–Kier alpha value is -1.96. The van der Waals surface area contributed by atoms with Gasteiger partial charge >= 0.3 is 0 Å². The van der Waals surface area contributed by atoms with Crippen LogP contribution < -0.4 is 9.46 Å². The zero-order chi connectivity index (χ0) is 18.2. The first-order valence-corrected chi connectivity index (χ1v) is 10.4. The molecular formula is C19H25N3O3S. The largest absolute Gasteiger partial charge is 0.473 e. The number of rotatable bonds is 7. The molecule has 1 aromatic carbocycles. The van der Waals surface area contributed by atoms with Crippen molar-refractivity contribution in [2.24, 2.45) is 0 Å². The van der Waals surface area contributed by atoms with E-state index < -0.39 is 10.2 Å². The number of hydrogen-bond acceptors (Lipinski definition) is 4. The van der Waals surface area contributed by atoms with Crippen LogP contribution in [0.25, 0.3) is 0 Å². The van der Waals surface area contributed by atoms with Gasteiger partial charge in [-0.3, -0.25) is 0 Å². The van der Waals surface area contributed by atoms with Crippen molar-refractivity contribution < 1.29 is 13.2 Å².